The molecule has 0 fully saturated rings. The van der Waals surface area contributed by atoms with Gasteiger partial charge in [-0.15, -0.1) is 0 Å². The van der Waals surface area contributed by atoms with Crippen molar-refractivity contribution in [3.63, 3.8) is 0 Å². The molecule has 1 aromatic carbocycles. The van der Waals surface area contributed by atoms with Gasteiger partial charge in [-0.25, -0.2) is 4.79 Å². The maximum absolute atomic E-state index is 10.9. The summed E-state index contributed by atoms with van der Waals surface area (Å²) in [5, 5.41) is 10.2. The van der Waals surface area contributed by atoms with E-state index in [4.69, 9.17) is 16.7 Å². The first kappa shape index (κ1) is 9.93. The summed E-state index contributed by atoms with van der Waals surface area (Å²) in [4.78, 5) is 15.0. The first-order valence-corrected chi connectivity index (χ1v) is 4.75. The number of rotatable bonds is 1. The lowest BCUT2D eigenvalue weighted by atomic mass is 10.1. The molecule has 0 saturated heterocycles. The van der Waals surface area contributed by atoms with Gasteiger partial charge in [-0.05, 0) is 30.7 Å². The molecular formula is C11H8ClNO2. The molecule has 76 valence electrons. The monoisotopic (exact) mass is 221 g/mol. The number of pyridine rings is 1. The smallest absolute Gasteiger partial charge is 0.337 e. The van der Waals surface area contributed by atoms with Gasteiger partial charge in [-0.2, -0.15) is 0 Å². The minimum absolute atomic E-state index is 0.175. The second kappa shape index (κ2) is 3.51. The number of carboxylic acids is 1. The molecule has 0 amide bonds. The predicted molar refractivity (Wildman–Crippen MR) is 58.4 cm³/mol. The molecule has 0 bridgehead atoms. The fourth-order valence-corrected chi connectivity index (χ4v) is 1.67. The van der Waals surface area contributed by atoms with Crippen LogP contribution in [0.25, 0.3) is 10.9 Å². The topological polar surface area (TPSA) is 50.2 Å². The number of aromatic nitrogens is 1. The predicted octanol–water partition coefficient (Wildman–Crippen LogP) is 2.89. The highest BCUT2D eigenvalue weighted by molar-refractivity contribution is 6.35. The first-order valence-electron chi connectivity index (χ1n) is 4.38. The highest BCUT2D eigenvalue weighted by atomic mass is 35.5. The molecular weight excluding hydrogens is 214 g/mol. The highest BCUT2D eigenvalue weighted by Gasteiger charge is 2.11. The first-order chi connectivity index (χ1) is 7.09. The van der Waals surface area contributed by atoms with Crippen LogP contribution in [0.5, 0.6) is 0 Å². The van der Waals surface area contributed by atoms with Crippen LogP contribution in [-0.2, 0) is 0 Å². The van der Waals surface area contributed by atoms with Crippen molar-refractivity contribution < 1.29 is 9.90 Å². The molecule has 0 radical (unpaired) electrons. The van der Waals surface area contributed by atoms with E-state index in [2.05, 4.69) is 4.98 Å². The minimum atomic E-state index is -0.993. The number of aryl methyl sites for hydroxylation is 1. The van der Waals surface area contributed by atoms with Crippen LogP contribution in [0.1, 0.15) is 15.9 Å². The fourth-order valence-electron chi connectivity index (χ4n) is 1.46. The van der Waals surface area contributed by atoms with Gasteiger partial charge in [0.1, 0.15) is 0 Å². The fraction of sp³-hybridized carbons (Fsp3) is 0.0909. The van der Waals surface area contributed by atoms with Crippen molar-refractivity contribution in [2.75, 3.05) is 0 Å². The molecule has 1 heterocycles. The summed E-state index contributed by atoms with van der Waals surface area (Å²) < 4.78 is 0. The zero-order chi connectivity index (χ0) is 11.0. The van der Waals surface area contributed by atoms with Gasteiger partial charge in [0.15, 0.2) is 0 Å². The summed E-state index contributed by atoms with van der Waals surface area (Å²) in [7, 11) is 0. The molecule has 4 heteroatoms. The number of nitrogens with zero attached hydrogens (tertiary/aromatic N) is 1. The highest BCUT2D eigenvalue weighted by Crippen LogP contribution is 2.25. The molecule has 0 atom stereocenters. The molecule has 3 nitrogen and oxygen atoms in total. The summed E-state index contributed by atoms with van der Waals surface area (Å²) in [5.74, 6) is -0.993. The lowest BCUT2D eigenvalue weighted by Crippen LogP contribution is -1.99. The van der Waals surface area contributed by atoms with Gasteiger partial charge in [-0.3, -0.25) is 4.98 Å². The number of carbonyl (C=O) groups is 1. The van der Waals surface area contributed by atoms with E-state index in [0.717, 1.165) is 5.56 Å². The Bertz CT molecular complexity index is 552. The summed E-state index contributed by atoms with van der Waals surface area (Å²) >= 11 is 5.97. The second-order valence-electron chi connectivity index (χ2n) is 3.31. The van der Waals surface area contributed by atoms with E-state index < -0.39 is 5.97 Å². The van der Waals surface area contributed by atoms with Crippen molar-refractivity contribution >= 4 is 28.5 Å². The van der Waals surface area contributed by atoms with E-state index in [0.29, 0.717) is 15.9 Å². The molecule has 0 aliphatic carbocycles. The Hall–Kier alpha value is -1.61. The average molecular weight is 222 g/mol. The van der Waals surface area contributed by atoms with Gasteiger partial charge in [0, 0.05) is 11.6 Å². The van der Waals surface area contributed by atoms with Crippen LogP contribution < -0.4 is 0 Å². The number of hydrogen-bond donors (Lipinski definition) is 1. The van der Waals surface area contributed by atoms with Crippen LogP contribution in [-0.4, -0.2) is 16.1 Å². The summed E-state index contributed by atoms with van der Waals surface area (Å²) in [6, 6.07) is 4.88. The number of aromatic carboxylic acids is 1. The standard InChI is InChI=1S/C11H8ClNO2/c1-6-4-8-9(12)3-2-7(11(14)15)10(8)13-5-6/h2-5H,1H3,(H,14,15). The number of fused-ring (bicyclic) bond motifs is 1. The third kappa shape index (κ3) is 1.66. The lowest BCUT2D eigenvalue weighted by molar-refractivity contribution is 0.0699. The van der Waals surface area contributed by atoms with E-state index in [-0.39, 0.29) is 5.56 Å². The van der Waals surface area contributed by atoms with Crippen molar-refractivity contribution in [2.45, 2.75) is 6.92 Å². The molecule has 0 aliphatic rings. The Morgan fingerprint density at radius 2 is 2.20 bits per heavy atom. The molecule has 2 rings (SSSR count). The SMILES string of the molecule is Cc1cnc2c(C(=O)O)ccc(Cl)c2c1. The van der Waals surface area contributed by atoms with Crippen molar-refractivity contribution in [1.82, 2.24) is 4.98 Å². The van der Waals surface area contributed by atoms with Crippen LogP contribution in [0.4, 0.5) is 0 Å². The van der Waals surface area contributed by atoms with Crippen molar-refractivity contribution in [3.05, 3.63) is 40.5 Å². The van der Waals surface area contributed by atoms with Crippen LogP contribution in [0, 0.1) is 6.92 Å². The van der Waals surface area contributed by atoms with Gasteiger partial charge < -0.3 is 5.11 Å². The molecule has 0 unspecified atom stereocenters. The summed E-state index contributed by atoms with van der Waals surface area (Å²) in [6.07, 6.45) is 1.63. The number of halogens is 1. The van der Waals surface area contributed by atoms with E-state index in [9.17, 15) is 4.79 Å². The van der Waals surface area contributed by atoms with Crippen LogP contribution >= 0.6 is 11.6 Å². The van der Waals surface area contributed by atoms with Crippen LogP contribution in [0.15, 0.2) is 24.4 Å². The number of hydrogen-bond acceptors (Lipinski definition) is 2. The molecule has 0 spiro atoms. The summed E-state index contributed by atoms with van der Waals surface area (Å²) in [5.41, 5.74) is 1.56. The Morgan fingerprint density at radius 1 is 1.47 bits per heavy atom. The molecule has 0 aliphatic heterocycles. The van der Waals surface area contributed by atoms with Gasteiger partial charge in [0.05, 0.1) is 16.1 Å². The molecule has 15 heavy (non-hydrogen) atoms. The van der Waals surface area contributed by atoms with Crippen molar-refractivity contribution in [2.24, 2.45) is 0 Å². The van der Waals surface area contributed by atoms with Gasteiger partial charge in [0.25, 0.3) is 0 Å². The van der Waals surface area contributed by atoms with Crippen molar-refractivity contribution in [3.8, 4) is 0 Å². The van der Waals surface area contributed by atoms with Gasteiger partial charge in [0.2, 0.25) is 0 Å². The van der Waals surface area contributed by atoms with Gasteiger partial charge in [-0.1, -0.05) is 11.6 Å². The third-order valence-corrected chi connectivity index (χ3v) is 2.49. The molecule has 2 aromatic rings. The average Bonchev–Trinajstić information content (AvgIpc) is 2.19. The second-order valence-corrected chi connectivity index (χ2v) is 3.72. The zero-order valence-corrected chi connectivity index (χ0v) is 8.75. The minimum Gasteiger partial charge on any atom is -0.478 e. The zero-order valence-electron chi connectivity index (χ0n) is 7.99. The Morgan fingerprint density at radius 3 is 2.87 bits per heavy atom. The molecule has 1 aromatic heterocycles. The normalized spacial score (nSPS) is 10.5. The number of carboxylic acid groups (broad SMARTS) is 1. The lowest BCUT2D eigenvalue weighted by Gasteiger charge is -2.04. The third-order valence-electron chi connectivity index (χ3n) is 2.16. The van der Waals surface area contributed by atoms with E-state index >= 15 is 0 Å². The largest absolute Gasteiger partial charge is 0.478 e. The molecule has 1 N–H and O–H groups in total. The summed E-state index contributed by atoms with van der Waals surface area (Å²) in [6.45, 7) is 1.89. The quantitative estimate of drug-likeness (QED) is 0.806. The molecule has 0 saturated carbocycles. The van der Waals surface area contributed by atoms with E-state index in [1.807, 2.05) is 13.0 Å². The Kier molecular flexibility index (Phi) is 2.32. The maximum atomic E-state index is 10.9. The van der Waals surface area contributed by atoms with E-state index in [1.54, 1.807) is 12.3 Å². The van der Waals surface area contributed by atoms with Crippen LogP contribution in [0.2, 0.25) is 5.02 Å². The Balaban J connectivity index is 2.88. The van der Waals surface area contributed by atoms with Gasteiger partial charge >= 0.3 is 5.97 Å². The van der Waals surface area contributed by atoms with E-state index in [1.165, 1.54) is 6.07 Å². The maximum Gasteiger partial charge on any atom is 0.337 e. The number of benzene rings is 1. The van der Waals surface area contributed by atoms with Crippen molar-refractivity contribution in [1.29, 1.82) is 0 Å². The Labute approximate surface area is 91.3 Å². The van der Waals surface area contributed by atoms with Crippen LogP contribution in [0.3, 0.4) is 0 Å².